The molecule has 0 amide bonds. The van der Waals surface area contributed by atoms with Crippen molar-refractivity contribution in [2.45, 2.75) is 32.6 Å². The summed E-state index contributed by atoms with van der Waals surface area (Å²) in [5.41, 5.74) is 0. The van der Waals surface area contributed by atoms with E-state index in [0.29, 0.717) is 0 Å². The lowest BCUT2D eigenvalue weighted by Gasteiger charge is -1.89. The molecule has 0 aromatic carbocycles. The van der Waals surface area contributed by atoms with Gasteiger partial charge in [-0.25, -0.2) is 0 Å². The van der Waals surface area contributed by atoms with Gasteiger partial charge in [-0.3, -0.25) is 0 Å². The predicted octanol–water partition coefficient (Wildman–Crippen LogP) is 3.05. The number of hydrogen-bond acceptors (Lipinski definition) is 1. The van der Waals surface area contributed by atoms with Crippen molar-refractivity contribution in [1.82, 2.24) is 0 Å². The van der Waals surface area contributed by atoms with Gasteiger partial charge in [-0.05, 0) is 31.4 Å². The maximum atomic E-state index is 4.12. The zero-order valence-corrected chi connectivity index (χ0v) is 7.03. The summed E-state index contributed by atoms with van der Waals surface area (Å²) in [5.74, 6) is 1.03. The van der Waals surface area contributed by atoms with Gasteiger partial charge in [0.2, 0.25) is 0 Å². The Labute approximate surface area is 63.8 Å². The first-order chi connectivity index (χ1) is 4.41. The summed E-state index contributed by atoms with van der Waals surface area (Å²) < 4.78 is 0. The quantitative estimate of drug-likeness (QED) is 0.342. The second-order valence-corrected chi connectivity index (χ2v) is 2.55. The van der Waals surface area contributed by atoms with E-state index in [1.54, 1.807) is 0 Å². The highest BCUT2D eigenvalue weighted by molar-refractivity contribution is 7.80. The number of thiol groups is 1. The van der Waals surface area contributed by atoms with Crippen molar-refractivity contribution >= 4 is 12.6 Å². The Hall–Kier alpha value is 0.0900. The van der Waals surface area contributed by atoms with Crippen LogP contribution in [0.25, 0.3) is 0 Å². The highest BCUT2D eigenvalue weighted by Crippen LogP contribution is 1.97. The molecule has 0 radical (unpaired) electrons. The van der Waals surface area contributed by atoms with Gasteiger partial charge in [-0.2, -0.15) is 12.6 Å². The van der Waals surface area contributed by atoms with Crippen LogP contribution in [-0.2, 0) is 0 Å². The Morgan fingerprint density at radius 1 is 1.22 bits per heavy atom. The summed E-state index contributed by atoms with van der Waals surface area (Å²) in [6, 6.07) is 0. The topological polar surface area (TPSA) is 0 Å². The molecule has 0 aromatic heterocycles. The third-order valence-electron chi connectivity index (χ3n) is 1.18. The van der Waals surface area contributed by atoms with E-state index < -0.39 is 0 Å². The summed E-state index contributed by atoms with van der Waals surface area (Å²) in [4.78, 5) is 0. The lowest BCUT2D eigenvalue weighted by molar-refractivity contribution is 0.822. The molecule has 0 unspecified atom stereocenters. The van der Waals surface area contributed by atoms with Gasteiger partial charge >= 0.3 is 0 Å². The summed E-state index contributed by atoms with van der Waals surface area (Å²) in [6.07, 6.45) is 9.41. The number of rotatable bonds is 5. The van der Waals surface area contributed by atoms with Crippen molar-refractivity contribution in [2.75, 3.05) is 5.75 Å². The highest BCUT2D eigenvalue weighted by atomic mass is 32.1. The normalized spacial score (nSPS) is 10.9. The lowest BCUT2D eigenvalue weighted by Crippen LogP contribution is -1.73. The predicted molar refractivity (Wildman–Crippen MR) is 47.1 cm³/mol. The van der Waals surface area contributed by atoms with E-state index in [2.05, 4.69) is 31.7 Å². The second-order valence-electron chi connectivity index (χ2n) is 2.10. The average Bonchev–Trinajstić information content (AvgIpc) is 1.89. The SMILES string of the molecule is CC/C=C/CCCCS. The molecule has 0 nitrogen and oxygen atoms in total. The summed E-state index contributed by atoms with van der Waals surface area (Å²) in [5, 5.41) is 0. The van der Waals surface area contributed by atoms with Crippen LogP contribution in [0.2, 0.25) is 0 Å². The molecule has 54 valence electrons. The molecule has 1 heteroatoms. The Morgan fingerprint density at radius 2 is 2.00 bits per heavy atom. The van der Waals surface area contributed by atoms with E-state index in [9.17, 15) is 0 Å². The molecule has 9 heavy (non-hydrogen) atoms. The zero-order chi connectivity index (χ0) is 6.95. The molecular weight excluding hydrogens is 128 g/mol. The van der Waals surface area contributed by atoms with E-state index in [4.69, 9.17) is 0 Å². The molecule has 0 rings (SSSR count). The minimum atomic E-state index is 1.03. The first-order valence-corrected chi connectivity index (χ1v) is 4.31. The van der Waals surface area contributed by atoms with Crippen molar-refractivity contribution < 1.29 is 0 Å². The summed E-state index contributed by atoms with van der Waals surface area (Å²) >= 11 is 4.12. The molecule has 0 bridgehead atoms. The summed E-state index contributed by atoms with van der Waals surface area (Å²) in [6.45, 7) is 2.16. The fourth-order valence-electron chi connectivity index (χ4n) is 0.659. The molecule has 0 N–H and O–H groups in total. The van der Waals surface area contributed by atoms with Gasteiger partial charge in [0.05, 0.1) is 0 Å². The van der Waals surface area contributed by atoms with Gasteiger partial charge < -0.3 is 0 Å². The van der Waals surface area contributed by atoms with Crippen LogP contribution in [0, 0.1) is 0 Å². The fourth-order valence-corrected chi connectivity index (χ4v) is 0.882. The molecule has 0 aliphatic heterocycles. The van der Waals surface area contributed by atoms with Gasteiger partial charge in [-0.1, -0.05) is 19.1 Å². The molecule has 0 atom stereocenters. The first kappa shape index (κ1) is 9.09. The smallest absolute Gasteiger partial charge is 0.00978 e. The van der Waals surface area contributed by atoms with Crippen molar-refractivity contribution in [2.24, 2.45) is 0 Å². The minimum absolute atomic E-state index is 1.03. The van der Waals surface area contributed by atoms with Crippen LogP contribution in [0.4, 0.5) is 0 Å². The standard InChI is InChI=1S/C8H16S/c1-2-3-4-5-6-7-8-9/h3-4,9H,2,5-8H2,1H3/b4-3+. The van der Waals surface area contributed by atoms with E-state index in [0.717, 1.165) is 5.75 Å². The summed E-state index contributed by atoms with van der Waals surface area (Å²) in [7, 11) is 0. The zero-order valence-electron chi connectivity index (χ0n) is 6.14. The Balaban J connectivity index is 2.82. The van der Waals surface area contributed by atoms with Crippen molar-refractivity contribution in [3.63, 3.8) is 0 Å². The maximum Gasteiger partial charge on any atom is -0.00978 e. The van der Waals surface area contributed by atoms with Gasteiger partial charge in [-0.15, -0.1) is 0 Å². The Morgan fingerprint density at radius 3 is 2.56 bits per heavy atom. The average molecular weight is 144 g/mol. The molecule has 0 spiro atoms. The van der Waals surface area contributed by atoms with E-state index in [-0.39, 0.29) is 0 Å². The third-order valence-corrected chi connectivity index (χ3v) is 1.50. The highest BCUT2D eigenvalue weighted by Gasteiger charge is 1.79. The number of allylic oxidation sites excluding steroid dienone is 2. The first-order valence-electron chi connectivity index (χ1n) is 3.67. The lowest BCUT2D eigenvalue weighted by atomic mass is 10.2. The van der Waals surface area contributed by atoms with Gasteiger partial charge in [0.1, 0.15) is 0 Å². The van der Waals surface area contributed by atoms with Crippen LogP contribution >= 0.6 is 12.6 Å². The molecule has 0 aromatic rings. The monoisotopic (exact) mass is 144 g/mol. The fraction of sp³-hybridized carbons (Fsp3) is 0.750. The van der Waals surface area contributed by atoms with Crippen LogP contribution in [-0.4, -0.2) is 5.75 Å². The van der Waals surface area contributed by atoms with Crippen molar-refractivity contribution in [3.8, 4) is 0 Å². The molecule has 0 aliphatic carbocycles. The van der Waals surface area contributed by atoms with Gasteiger partial charge in [0, 0.05) is 0 Å². The van der Waals surface area contributed by atoms with Crippen molar-refractivity contribution in [3.05, 3.63) is 12.2 Å². The molecular formula is C8H16S. The molecule has 0 heterocycles. The third kappa shape index (κ3) is 8.09. The van der Waals surface area contributed by atoms with Gasteiger partial charge in [0.25, 0.3) is 0 Å². The number of unbranched alkanes of at least 4 members (excludes halogenated alkanes) is 2. The number of hydrogen-bond donors (Lipinski definition) is 1. The van der Waals surface area contributed by atoms with Crippen LogP contribution in [0.3, 0.4) is 0 Å². The van der Waals surface area contributed by atoms with Crippen LogP contribution < -0.4 is 0 Å². The molecule has 0 saturated carbocycles. The Kier molecular flexibility index (Phi) is 8.17. The van der Waals surface area contributed by atoms with Crippen LogP contribution in [0.1, 0.15) is 32.6 Å². The van der Waals surface area contributed by atoms with Gasteiger partial charge in [0.15, 0.2) is 0 Å². The molecule has 0 aliphatic rings. The van der Waals surface area contributed by atoms with E-state index >= 15 is 0 Å². The maximum absolute atomic E-state index is 4.12. The van der Waals surface area contributed by atoms with Crippen LogP contribution in [0.5, 0.6) is 0 Å². The minimum Gasteiger partial charge on any atom is -0.179 e. The molecule has 0 fully saturated rings. The Bertz CT molecular complexity index is 67.0. The molecule has 0 saturated heterocycles. The van der Waals surface area contributed by atoms with E-state index in [1.165, 1.54) is 25.7 Å². The second kappa shape index (κ2) is 8.09. The van der Waals surface area contributed by atoms with Crippen LogP contribution in [0.15, 0.2) is 12.2 Å². The van der Waals surface area contributed by atoms with Crippen molar-refractivity contribution in [1.29, 1.82) is 0 Å². The largest absolute Gasteiger partial charge is 0.179 e. The van der Waals surface area contributed by atoms with E-state index in [1.807, 2.05) is 0 Å².